The molecule has 1 aliphatic heterocycles. The van der Waals surface area contributed by atoms with Crippen molar-refractivity contribution in [2.75, 3.05) is 6.61 Å². The van der Waals surface area contributed by atoms with Crippen molar-refractivity contribution in [1.82, 2.24) is 0 Å². The summed E-state index contributed by atoms with van der Waals surface area (Å²) in [4.78, 5) is 0. The lowest BCUT2D eigenvalue weighted by Crippen LogP contribution is -2.66. The van der Waals surface area contributed by atoms with Crippen LogP contribution in [0.5, 0.6) is 0 Å². The van der Waals surface area contributed by atoms with E-state index in [0.717, 1.165) is 38.5 Å². The molecular formula is C36H60O7. The summed E-state index contributed by atoms with van der Waals surface area (Å²) >= 11 is 0. The highest BCUT2D eigenvalue weighted by Crippen LogP contribution is 2.76. The number of aliphatic hydroxyl groups excluding tert-OH is 5. The van der Waals surface area contributed by atoms with Crippen molar-refractivity contribution >= 4 is 0 Å². The molecule has 0 bridgehead atoms. The summed E-state index contributed by atoms with van der Waals surface area (Å²) in [5.74, 6) is 1.49. The van der Waals surface area contributed by atoms with E-state index in [1.165, 1.54) is 19.3 Å². The Hall–Kier alpha value is -0.540. The second kappa shape index (κ2) is 10.2. The first-order valence-electron chi connectivity index (χ1n) is 17.2. The summed E-state index contributed by atoms with van der Waals surface area (Å²) in [5.41, 5.74) is 2.04. The average molecular weight is 605 g/mol. The van der Waals surface area contributed by atoms with Gasteiger partial charge in [0.05, 0.1) is 18.8 Å². The van der Waals surface area contributed by atoms with E-state index in [9.17, 15) is 25.5 Å². The number of allylic oxidation sites excluding steroid dienone is 2. The van der Waals surface area contributed by atoms with Gasteiger partial charge in [-0.1, -0.05) is 67.0 Å². The molecule has 0 radical (unpaired) electrons. The maximum atomic E-state index is 11.0. The third kappa shape index (κ3) is 4.24. The fourth-order valence-corrected chi connectivity index (χ4v) is 12.8. The van der Waals surface area contributed by atoms with Crippen molar-refractivity contribution in [2.24, 2.45) is 50.2 Å². The molecule has 2 unspecified atom stereocenters. The minimum Gasteiger partial charge on any atom is -0.394 e. The summed E-state index contributed by atoms with van der Waals surface area (Å²) in [6.07, 6.45) is 5.63. The first kappa shape index (κ1) is 32.4. The lowest BCUT2D eigenvalue weighted by Gasteiger charge is -2.72. The zero-order valence-electron chi connectivity index (χ0n) is 28.0. The van der Waals surface area contributed by atoms with Crippen LogP contribution in [-0.4, -0.2) is 75.1 Å². The normalized spacial score (nSPS) is 55.7. The second-order valence-corrected chi connectivity index (χ2v) is 17.8. The van der Waals surface area contributed by atoms with Crippen LogP contribution in [0.1, 0.15) is 113 Å². The molecule has 5 aliphatic carbocycles. The molecule has 0 aromatic carbocycles. The number of rotatable bonds is 3. The maximum Gasteiger partial charge on any atom is 0.186 e. The number of ether oxygens (including phenoxy) is 2. The van der Waals surface area contributed by atoms with Gasteiger partial charge in [-0.2, -0.15) is 0 Å². The van der Waals surface area contributed by atoms with E-state index >= 15 is 0 Å². The molecule has 0 aromatic heterocycles. The van der Waals surface area contributed by atoms with E-state index in [1.54, 1.807) is 5.57 Å². The van der Waals surface area contributed by atoms with Crippen LogP contribution < -0.4 is 0 Å². The maximum absolute atomic E-state index is 11.0. The van der Waals surface area contributed by atoms with E-state index in [-0.39, 0.29) is 44.7 Å². The Morgan fingerprint density at radius 2 is 1.42 bits per heavy atom. The molecule has 246 valence electrons. The molecule has 5 fully saturated rings. The van der Waals surface area contributed by atoms with E-state index in [1.807, 2.05) is 0 Å². The van der Waals surface area contributed by atoms with Gasteiger partial charge in [-0.05, 0) is 108 Å². The Bertz CT molecular complexity index is 1120. The Balaban J connectivity index is 1.28. The van der Waals surface area contributed by atoms with E-state index < -0.39 is 37.3 Å². The van der Waals surface area contributed by atoms with Crippen molar-refractivity contribution in [2.45, 2.75) is 156 Å². The van der Waals surface area contributed by atoms with Crippen LogP contribution in [0, 0.1) is 50.2 Å². The fourth-order valence-electron chi connectivity index (χ4n) is 12.8. The van der Waals surface area contributed by atoms with Crippen LogP contribution in [0.4, 0.5) is 0 Å². The lowest BCUT2D eigenvalue weighted by atomic mass is 9.32. The molecule has 5 N–H and O–H groups in total. The summed E-state index contributed by atoms with van der Waals surface area (Å²) in [6, 6.07) is 0. The molecular weight excluding hydrogens is 544 g/mol. The van der Waals surface area contributed by atoms with Crippen molar-refractivity contribution in [3.05, 3.63) is 11.6 Å². The highest BCUT2D eigenvalue weighted by atomic mass is 16.7. The Morgan fingerprint density at radius 1 is 0.744 bits per heavy atom. The van der Waals surface area contributed by atoms with Gasteiger partial charge in [-0.15, -0.1) is 0 Å². The highest BCUT2D eigenvalue weighted by molar-refractivity contribution is 5.36. The highest BCUT2D eigenvalue weighted by Gasteiger charge is 2.69. The molecule has 1 saturated heterocycles. The standard InChI is InChI=1S/C36H60O7/c1-31(2)21-11-17-35(7)23(33(21,5)15-13-25(31)38)9-10-24-34(6)16-14-26(32(3,4)22(34)12-18-36(24,35)8)43-30-29(41)28(40)27(39)20(19-37)42-30/h9,20-22,24-30,37-41H,10-19H2,1-8H3/t20-,21+,22+,24-,25?,26?,27-,28+,29-,30+,33+,34+,35-,36-/m1/s1. The molecule has 0 aromatic rings. The Labute approximate surface area is 259 Å². The molecule has 0 amide bonds. The van der Waals surface area contributed by atoms with Crippen molar-refractivity contribution in [3.63, 3.8) is 0 Å². The van der Waals surface area contributed by atoms with Gasteiger partial charge in [-0.3, -0.25) is 0 Å². The van der Waals surface area contributed by atoms with Crippen LogP contribution in [0.3, 0.4) is 0 Å². The fraction of sp³-hybridized carbons (Fsp3) is 0.944. The van der Waals surface area contributed by atoms with Crippen molar-refractivity contribution in [3.8, 4) is 0 Å². The second-order valence-electron chi connectivity index (χ2n) is 17.8. The lowest BCUT2D eigenvalue weighted by molar-refractivity contribution is -0.330. The minimum absolute atomic E-state index is 0.0695. The Morgan fingerprint density at radius 3 is 2.09 bits per heavy atom. The molecule has 43 heavy (non-hydrogen) atoms. The van der Waals surface area contributed by atoms with Gasteiger partial charge >= 0.3 is 0 Å². The van der Waals surface area contributed by atoms with Gasteiger partial charge in [0.15, 0.2) is 6.29 Å². The first-order chi connectivity index (χ1) is 19.9. The van der Waals surface area contributed by atoms with Gasteiger partial charge in [0.25, 0.3) is 0 Å². The van der Waals surface area contributed by atoms with Crippen LogP contribution in [-0.2, 0) is 9.47 Å². The third-order valence-corrected chi connectivity index (χ3v) is 15.6. The molecule has 0 spiro atoms. The van der Waals surface area contributed by atoms with Crippen LogP contribution in [0.25, 0.3) is 0 Å². The Kier molecular flexibility index (Phi) is 7.71. The molecule has 1 heterocycles. The quantitative estimate of drug-likeness (QED) is 0.228. The van der Waals surface area contributed by atoms with Gasteiger partial charge < -0.3 is 35.0 Å². The van der Waals surface area contributed by atoms with Gasteiger partial charge in [-0.25, -0.2) is 0 Å². The number of hydrogen-bond donors (Lipinski definition) is 5. The van der Waals surface area contributed by atoms with Gasteiger partial charge in [0.1, 0.15) is 24.4 Å². The zero-order valence-corrected chi connectivity index (χ0v) is 28.0. The van der Waals surface area contributed by atoms with E-state index in [0.29, 0.717) is 17.8 Å². The smallest absolute Gasteiger partial charge is 0.186 e. The molecule has 6 aliphatic rings. The van der Waals surface area contributed by atoms with Gasteiger partial charge in [0.2, 0.25) is 0 Å². The largest absolute Gasteiger partial charge is 0.394 e. The number of hydrogen-bond acceptors (Lipinski definition) is 7. The molecule has 7 heteroatoms. The SMILES string of the molecule is CC1(C)C(O[C@@H]2O[C@H](CO)[C@@H](O)[C@H](O)[C@H]2O)CC[C@]2(C)[C@H]3CC=C4[C@@]5(C)CCC(O)C(C)(C)[C@@H]5CC[C@@]4(C)[C@]3(C)CC[C@@H]12. The molecule has 4 saturated carbocycles. The van der Waals surface area contributed by atoms with Crippen LogP contribution >= 0.6 is 0 Å². The summed E-state index contributed by atoms with van der Waals surface area (Å²) in [7, 11) is 0. The molecule has 14 atom stereocenters. The van der Waals surface area contributed by atoms with Crippen LogP contribution in [0.15, 0.2) is 11.6 Å². The topological polar surface area (TPSA) is 120 Å². The molecule has 7 nitrogen and oxygen atoms in total. The first-order valence-corrected chi connectivity index (χ1v) is 17.2. The predicted molar refractivity (Wildman–Crippen MR) is 165 cm³/mol. The van der Waals surface area contributed by atoms with E-state index in [2.05, 4.69) is 61.5 Å². The average Bonchev–Trinajstić information content (AvgIpc) is 2.93. The summed E-state index contributed by atoms with van der Waals surface area (Å²) in [5, 5.41) is 52.0. The summed E-state index contributed by atoms with van der Waals surface area (Å²) < 4.78 is 12.3. The van der Waals surface area contributed by atoms with Crippen molar-refractivity contribution < 1.29 is 35.0 Å². The van der Waals surface area contributed by atoms with Crippen molar-refractivity contribution in [1.29, 1.82) is 0 Å². The van der Waals surface area contributed by atoms with E-state index in [4.69, 9.17) is 9.47 Å². The number of aliphatic hydroxyl groups is 5. The number of fused-ring (bicyclic) bond motifs is 7. The third-order valence-electron chi connectivity index (χ3n) is 15.6. The minimum atomic E-state index is -1.43. The zero-order chi connectivity index (χ0) is 31.5. The van der Waals surface area contributed by atoms with Crippen LogP contribution in [0.2, 0.25) is 0 Å². The monoisotopic (exact) mass is 604 g/mol. The molecule has 6 rings (SSSR count). The predicted octanol–water partition coefficient (Wildman–Crippen LogP) is 4.96. The van der Waals surface area contributed by atoms with Gasteiger partial charge in [0, 0.05) is 0 Å². The summed E-state index contributed by atoms with van der Waals surface area (Å²) in [6.45, 7) is 19.0.